The van der Waals surface area contributed by atoms with Crippen molar-refractivity contribution in [3.05, 3.63) is 65.5 Å². The molecule has 7 heteroatoms. The summed E-state index contributed by atoms with van der Waals surface area (Å²) >= 11 is 0. The van der Waals surface area contributed by atoms with Crippen molar-refractivity contribution < 1.29 is 23.1 Å². The number of benzene rings is 1. The van der Waals surface area contributed by atoms with Gasteiger partial charge in [-0.15, -0.1) is 0 Å². The Hall–Kier alpha value is -2.41. The third-order valence-electron chi connectivity index (χ3n) is 6.57. The summed E-state index contributed by atoms with van der Waals surface area (Å²) in [5.41, 5.74) is -1.82. The molecule has 1 aromatic carbocycles. The monoisotopic (exact) mass is 432 g/mol. The molecule has 0 aliphatic heterocycles. The number of hydrogen-bond donors (Lipinski definition) is 1. The van der Waals surface area contributed by atoms with E-state index < -0.39 is 11.8 Å². The molecule has 1 amide bonds. The Morgan fingerprint density at radius 1 is 1.03 bits per heavy atom. The molecule has 0 saturated heterocycles. The highest BCUT2D eigenvalue weighted by atomic mass is 19.4. The quantitative estimate of drug-likeness (QED) is 0.708. The fourth-order valence-corrected chi connectivity index (χ4v) is 4.54. The third kappa shape index (κ3) is 4.47. The predicted octanol–water partition coefficient (Wildman–Crippen LogP) is 5.18. The topological polar surface area (TPSA) is 53.4 Å². The van der Waals surface area contributed by atoms with Gasteiger partial charge in [0, 0.05) is 35.5 Å². The molecule has 4 nitrogen and oxygen atoms in total. The van der Waals surface area contributed by atoms with Crippen LogP contribution in [0.3, 0.4) is 0 Å². The summed E-state index contributed by atoms with van der Waals surface area (Å²) in [5, 5.41) is 9.87. The summed E-state index contributed by atoms with van der Waals surface area (Å²) in [7, 11) is 0. The van der Waals surface area contributed by atoms with Crippen LogP contribution in [0.1, 0.15) is 73.0 Å². The van der Waals surface area contributed by atoms with E-state index in [9.17, 15) is 23.1 Å². The van der Waals surface area contributed by atoms with Crippen LogP contribution in [0.25, 0.3) is 0 Å². The number of amides is 1. The number of nitrogens with zero attached hydrogens (tertiary/aromatic N) is 2. The van der Waals surface area contributed by atoms with E-state index in [1.165, 1.54) is 24.3 Å². The molecule has 1 aromatic heterocycles. The van der Waals surface area contributed by atoms with Crippen LogP contribution in [-0.2, 0) is 5.60 Å². The molecule has 0 spiro atoms. The maximum Gasteiger partial charge on any atom is 0.421 e. The summed E-state index contributed by atoms with van der Waals surface area (Å²) in [6.45, 7) is 0.722. The van der Waals surface area contributed by atoms with Gasteiger partial charge in [-0.05, 0) is 68.9 Å². The minimum Gasteiger partial charge on any atom is -0.376 e. The molecule has 2 aliphatic carbocycles. The van der Waals surface area contributed by atoms with Crippen molar-refractivity contribution >= 4 is 5.91 Å². The van der Waals surface area contributed by atoms with Crippen molar-refractivity contribution in [2.75, 3.05) is 0 Å². The van der Waals surface area contributed by atoms with Crippen molar-refractivity contribution in [2.45, 2.75) is 75.2 Å². The number of aromatic nitrogens is 1. The predicted molar refractivity (Wildman–Crippen MR) is 110 cm³/mol. The van der Waals surface area contributed by atoms with Crippen LogP contribution in [-0.4, -0.2) is 39.2 Å². The second-order valence-electron chi connectivity index (χ2n) is 8.86. The van der Waals surface area contributed by atoms with Gasteiger partial charge in [-0.25, -0.2) is 0 Å². The minimum atomic E-state index is -4.79. The summed E-state index contributed by atoms with van der Waals surface area (Å²) in [6.07, 6.45) is 2.74. The first kappa shape index (κ1) is 21.8. The second-order valence-corrected chi connectivity index (χ2v) is 8.86. The fourth-order valence-electron chi connectivity index (χ4n) is 4.54. The zero-order valence-corrected chi connectivity index (χ0v) is 17.5. The Morgan fingerprint density at radius 2 is 1.74 bits per heavy atom. The van der Waals surface area contributed by atoms with Gasteiger partial charge >= 0.3 is 6.18 Å². The van der Waals surface area contributed by atoms with E-state index in [2.05, 4.69) is 4.98 Å². The molecule has 2 aliphatic rings. The van der Waals surface area contributed by atoms with Gasteiger partial charge in [0.1, 0.15) is 0 Å². The van der Waals surface area contributed by atoms with Gasteiger partial charge in [0.25, 0.3) is 5.91 Å². The Kier molecular flexibility index (Phi) is 5.81. The lowest BCUT2D eigenvalue weighted by Gasteiger charge is -2.38. The minimum absolute atomic E-state index is 0.0960. The van der Waals surface area contributed by atoms with E-state index in [0.29, 0.717) is 11.5 Å². The zero-order valence-electron chi connectivity index (χ0n) is 17.5. The van der Waals surface area contributed by atoms with Gasteiger partial charge in [-0.2, -0.15) is 13.2 Å². The molecule has 0 unspecified atom stereocenters. The Bertz CT molecular complexity index is 909. The molecule has 0 bridgehead atoms. The molecule has 2 saturated carbocycles. The van der Waals surface area contributed by atoms with E-state index >= 15 is 0 Å². The van der Waals surface area contributed by atoms with Gasteiger partial charge in [-0.3, -0.25) is 9.78 Å². The van der Waals surface area contributed by atoms with E-state index in [-0.39, 0.29) is 23.6 Å². The first-order valence-corrected chi connectivity index (χ1v) is 10.8. The fraction of sp³-hybridized carbons (Fsp3) is 0.500. The zero-order chi connectivity index (χ0) is 22.2. The van der Waals surface area contributed by atoms with E-state index in [1.807, 2.05) is 23.1 Å². The molecule has 4 rings (SSSR count). The van der Waals surface area contributed by atoms with Crippen LogP contribution in [0.15, 0.2) is 48.7 Å². The Morgan fingerprint density at radius 3 is 2.32 bits per heavy atom. The average molecular weight is 432 g/mol. The molecule has 166 valence electrons. The van der Waals surface area contributed by atoms with E-state index in [4.69, 9.17) is 0 Å². The van der Waals surface area contributed by atoms with Crippen LogP contribution in [0.4, 0.5) is 13.2 Å². The molecule has 2 fully saturated rings. The highest BCUT2D eigenvalue weighted by molar-refractivity contribution is 5.95. The number of hydrogen-bond acceptors (Lipinski definition) is 3. The summed E-state index contributed by atoms with van der Waals surface area (Å²) in [6, 6.07) is 11.4. The average Bonchev–Trinajstić information content (AvgIpc) is 3.59. The van der Waals surface area contributed by atoms with Gasteiger partial charge < -0.3 is 10.0 Å². The number of aliphatic hydroxyl groups is 1. The lowest BCUT2D eigenvalue weighted by Crippen LogP contribution is -2.44. The standard InChI is InChI=1S/C24H27F3N2O2/c1-23(31,24(25,26)27)18-10-8-16(9-11-18)22(30)29(19-12-13-19)20-6-4-5-17(15-20)21-7-2-3-14-28-21/h2-3,7-11,14,17,19-20,31H,4-6,12-13,15H2,1H3/t17-,20+,23+/m1/s1. The highest BCUT2D eigenvalue weighted by Crippen LogP contribution is 2.41. The lowest BCUT2D eigenvalue weighted by atomic mass is 9.82. The SMILES string of the molecule is C[C@](O)(c1ccc(C(=O)N(C2CC2)[C@H]2CCC[C@@H](c3ccccn3)C2)cc1)C(F)(F)F. The molecular weight excluding hydrogens is 405 g/mol. The number of halogens is 3. The van der Waals surface area contributed by atoms with Crippen LogP contribution in [0.2, 0.25) is 0 Å². The molecule has 1 heterocycles. The Balaban J connectivity index is 1.53. The molecule has 1 N–H and O–H groups in total. The van der Waals surface area contributed by atoms with E-state index in [0.717, 1.165) is 51.1 Å². The van der Waals surface area contributed by atoms with Crippen molar-refractivity contribution in [3.63, 3.8) is 0 Å². The number of carbonyl (C=O) groups is 1. The number of rotatable bonds is 5. The first-order valence-electron chi connectivity index (χ1n) is 10.8. The first-order chi connectivity index (χ1) is 14.7. The normalized spacial score (nSPS) is 23.8. The largest absolute Gasteiger partial charge is 0.421 e. The lowest BCUT2D eigenvalue weighted by molar-refractivity contribution is -0.258. The van der Waals surface area contributed by atoms with Crippen LogP contribution < -0.4 is 0 Å². The van der Waals surface area contributed by atoms with Crippen LogP contribution in [0.5, 0.6) is 0 Å². The summed E-state index contributed by atoms with van der Waals surface area (Å²) < 4.78 is 39.3. The molecular formula is C24H27F3N2O2. The van der Waals surface area contributed by atoms with Crippen LogP contribution in [0, 0.1) is 0 Å². The van der Waals surface area contributed by atoms with Crippen molar-refractivity contribution in [2.24, 2.45) is 0 Å². The van der Waals surface area contributed by atoms with Crippen molar-refractivity contribution in [1.29, 1.82) is 0 Å². The molecule has 2 aromatic rings. The van der Waals surface area contributed by atoms with Crippen molar-refractivity contribution in [3.8, 4) is 0 Å². The van der Waals surface area contributed by atoms with Gasteiger partial charge in [0.2, 0.25) is 0 Å². The summed E-state index contributed by atoms with van der Waals surface area (Å²) in [4.78, 5) is 19.8. The van der Waals surface area contributed by atoms with Crippen molar-refractivity contribution in [1.82, 2.24) is 9.88 Å². The number of carbonyl (C=O) groups excluding carboxylic acids is 1. The van der Waals surface area contributed by atoms with Gasteiger partial charge in [0.05, 0.1) is 0 Å². The molecule has 3 atom stereocenters. The summed E-state index contributed by atoms with van der Waals surface area (Å²) in [5.74, 6) is 0.158. The number of alkyl halides is 3. The molecule has 0 radical (unpaired) electrons. The highest BCUT2D eigenvalue weighted by Gasteiger charge is 2.51. The third-order valence-corrected chi connectivity index (χ3v) is 6.57. The maximum atomic E-state index is 13.4. The van der Waals surface area contributed by atoms with Gasteiger partial charge in [0.15, 0.2) is 5.60 Å². The van der Waals surface area contributed by atoms with Crippen LogP contribution >= 0.6 is 0 Å². The van der Waals surface area contributed by atoms with E-state index in [1.54, 1.807) is 6.20 Å². The molecule has 31 heavy (non-hydrogen) atoms. The Labute approximate surface area is 180 Å². The second kappa shape index (κ2) is 8.26. The smallest absolute Gasteiger partial charge is 0.376 e. The number of pyridine rings is 1. The van der Waals surface area contributed by atoms with Gasteiger partial charge in [-0.1, -0.05) is 24.6 Å². The maximum absolute atomic E-state index is 13.4.